The molecule has 4 nitrogen and oxygen atoms in total. The van der Waals surface area contributed by atoms with Crippen LogP contribution in [0.25, 0.3) is 0 Å². The van der Waals surface area contributed by atoms with Gasteiger partial charge in [0, 0.05) is 11.6 Å². The first kappa shape index (κ1) is 13.3. The van der Waals surface area contributed by atoms with Crippen molar-refractivity contribution in [1.82, 2.24) is 4.57 Å². The number of rotatable bonds is 2. The van der Waals surface area contributed by atoms with Gasteiger partial charge in [-0.15, -0.1) is 0 Å². The SMILES string of the molecule is CC(C)(C)[Si](C)(C)N1C(=O)C2C(C(=O)O)=CCC21. The van der Waals surface area contributed by atoms with Gasteiger partial charge in [0.05, 0.1) is 5.92 Å². The van der Waals surface area contributed by atoms with Gasteiger partial charge in [-0.2, -0.15) is 0 Å². The summed E-state index contributed by atoms with van der Waals surface area (Å²) in [5, 5.41) is 9.17. The standard InChI is InChI=1S/C13H21NO3Si/c1-13(2,3)18(4,5)14-9-7-6-8(12(16)17)10(9)11(14)15/h6,9-10H,7H2,1-5H3,(H,16,17). The molecule has 1 heterocycles. The Balaban J connectivity index is 2.25. The monoisotopic (exact) mass is 267 g/mol. The van der Waals surface area contributed by atoms with Crippen LogP contribution in [0.15, 0.2) is 11.6 Å². The van der Waals surface area contributed by atoms with E-state index in [4.69, 9.17) is 5.11 Å². The maximum atomic E-state index is 12.3. The Morgan fingerprint density at radius 2 is 2.00 bits per heavy atom. The molecular formula is C13H21NO3Si. The van der Waals surface area contributed by atoms with Crippen LogP contribution in [-0.4, -0.2) is 35.8 Å². The summed E-state index contributed by atoms with van der Waals surface area (Å²) in [6.07, 6.45) is 2.42. The van der Waals surface area contributed by atoms with Crippen LogP contribution in [0.2, 0.25) is 18.1 Å². The first-order chi connectivity index (χ1) is 8.09. The topological polar surface area (TPSA) is 57.6 Å². The minimum Gasteiger partial charge on any atom is -0.478 e. The molecule has 1 aliphatic carbocycles. The second-order valence-electron chi connectivity index (χ2n) is 6.76. The number of carbonyl (C=O) groups excluding carboxylic acids is 1. The molecule has 1 fully saturated rings. The number of carbonyl (C=O) groups is 2. The van der Waals surface area contributed by atoms with Gasteiger partial charge >= 0.3 is 5.97 Å². The second kappa shape index (κ2) is 3.70. The van der Waals surface area contributed by atoms with Crippen LogP contribution in [0.1, 0.15) is 27.2 Å². The highest BCUT2D eigenvalue weighted by Gasteiger charge is 2.60. The summed E-state index contributed by atoms with van der Waals surface area (Å²) in [7, 11) is -1.88. The molecule has 0 aromatic rings. The summed E-state index contributed by atoms with van der Waals surface area (Å²) < 4.78 is 2.02. The lowest BCUT2D eigenvalue weighted by Crippen LogP contribution is -2.72. The molecule has 0 radical (unpaired) electrons. The summed E-state index contributed by atoms with van der Waals surface area (Å²) >= 11 is 0. The molecule has 0 saturated carbocycles. The van der Waals surface area contributed by atoms with Gasteiger partial charge in [0.15, 0.2) is 8.24 Å². The van der Waals surface area contributed by atoms with Gasteiger partial charge in [0.1, 0.15) is 0 Å². The Bertz CT molecular complexity index is 448. The number of carboxylic acid groups (broad SMARTS) is 1. The summed E-state index contributed by atoms with van der Waals surface area (Å²) in [6.45, 7) is 10.9. The van der Waals surface area contributed by atoms with Crippen molar-refractivity contribution in [2.45, 2.75) is 51.4 Å². The van der Waals surface area contributed by atoms with Gasteiger partial charge in [0.25, 0.3) is 0 Å². The Hall–Kier alpha value is -1.10. The lowest BCUT2D eigenvalue weighted by Gasteiger charge is -2.57. The predicted molar refractivity (Wildman–Crippen MR) is 71.7 cm³/mol. The van der Waals surface area contributed by atoms with Crippen molar-refractivity contribution in [3.63, 3.8) is 0 Å². The molecule has 1 saturated heterocycles. The van der Waals surface area contributed by atoms with Crippen LogP contribution in [-0.2, 0) is 9.59 Å². The molecule has 2 unspecified atom stereocenters. The van der Waals surface area contributed by atoms with E-state index in [2.05, 4.69) is 33.9 Å². The molecule has 0 aromatic carbocycles. The third-order valence-corrected chi connectivity index (χ3v) is 10.2. The number of aliphatic carboxylic acids is 1. The van der Waals surface area contributed by atoms with Crippen LogP contribution < -0.4 is 0 Å². The quantitative estimate of drug-likeness (QED) is 0.616. The van der Waals surface area contributed by atoms with Gasteiger partial charge < -0.3 is 9.67 Å². The van der Waals surface area contributed by atoms with E-state index in [0.717, 1.165) is 0 Å². The lowest BCUT2D eigenvalue weighted by atomic mass is 9.89. The fourth-order valence-corrected chi connectivity index (χ4v) is 5.27. The van der Waals surface area contributed by atoms with Crippen molar-refractivity contribution in [1.29, 1.82) is 0 Å². The molecule has 0 bridgehead atoms. The van der Waals surface area contributed by atoms with E-state index in [1.165, 1.54) is 0 Å². The highest BCUT2D eigenvalue weighted by atomic mass is 28.3. The van der Waals surface area contributed by atoms with Crippen molar-refractivity contribution < 1.29 is 14.7 Å². The van der Waals surface area contributed by atoms with Gasteiger partial charge in [-0.25, -0.2) is 4.79 Å². The van der Waals surface area contributed by atoms with Gasteiger partial charge in [-0.3, -0.25) is 4.79 Å². The molecule has 2 rings (SSSR count). The van der Waals surface area contributed by atoms with Gasteiger partial charge in [0.2, 0.25) is 5.91 Å². The fourth-order valence-electron chi connectivity index (χ4n) is 2.77. The molecule has 0 aromatic heterocycles. The maximum Gasteiger partial charge on any atom is 0.332 e. The Morgan fingerprint density at radius 1 is 1.44 bits per heavy atom. The molecule has 100 valence electrons. The lowest BCUT2D eigenvalue weighted by molar-refractivity contribution is -0.147. The maximum absolute atomic E-state index is 12.3. The van der Waals surface area contributed by atoms with E-state index >= 15 is 0 Å². The van der Waals surface area contributed by atoms with E-state index in [-0.39, 0.29) is 22.9 Å². The highest BCUT2D eigenvalue weighted by molar-refractivity contribution is 6.80. The molecule has 0 spiro atoms. The van der Waals surface area contributed by atoms with E-state index in [1.807, 2.05) is 4.57 Å². The van der Waals surface area contributed by atoms with Crippen LogP contribution >= 0.6 is 0 Å². The number of hydrogen-bond donors (Lipinski definition) is 1. The molecule has 5 heteroatoms. The number of hydrogen-bond acceptors (Lipinski definition) is 2. The number of β-lactam (4-membered cyclic amide) rings is 1. The molecule has 2 aliphatic rings. The zero-order valence-corrected chi connectivity index (χ0v) is 12.7. The Morgan fingerprint density at radius 3 is 2.44 bits per heavy atom. The van der Waals surface area contributed by atoms with Gasteiger partial charge in [-0.1, -0.05) is 39.9 Å². The summed E-state index contributed by atoms with van der Waals surface area (Å²) in [6, 6.07) is 0.101. The van der Waals surface area contributed by atoms with E-state index < -0.39 is 14.2 Å². The first-order valence-corrected chi connectivity index (χ1v) is 9.30. The fraction of sp³-hybridized carbons (Fsp3) is 0.692. The predicted octanol–water partition coefficient (Wildman–Crippen LogP) is 2.23. The van der Waals surface area contributed by atoms with Crippen LogP contribution in [0.4, 0.5) is 0 Å². The van der Waals surface area contributed by atoms with Crippen LogP contribution in [0, 0.1) is 5.92 Å². The number of fused-ring (bicyclic) bond motifs is 1. The summed E-state index contributed by atoms with van der Waals surface area (Å²) in [5.74, 6) is -1.29. The molecule has 1 N–H and O–H groups in total. The zero-order valence-electron chi connectivity index (χ0n) is 11.7. The van der Waals surface area contributed by atoms with Crippen molar-refractivity contribution in [3.8, 4) is 0 Å². The average Bonchev–Trinajstić information content (AvgIpc) is 2.54. The van der Waals surface area contributed by atoms with Gasteiger partial charge in [-0.05, 0) is 11.5 Å². The van der Waals surface area contributed by atoms with Crippen molar-refractivity contribution >= 4 is 20.1 Å². The molecule has 2 atom stereocenters. The highest BCUT2D eigenvalue weighted by Crippen LogP contribution is 2.49. The average molecular weight is 267 g/mol. The number of carboxylic acids is 1. The van der Waals surface area contributed by atoms with Crippen molar-refractivity contribution in [2.24, 2.45) is 5.92 Å². The minimum absolute atomic E-state index is 0.0257. The number of nitrogens with zero attached hydrogens (tertiary/aromatic N) is 1. The second-order valence-corrected chi connectivity index (χ2v) is 11.9. The summed E-state index contributed by atoms with van der Waals surface area (Å²) in [4.78, 5) is 23.4. The third kappa shape index (κ3) is 1.56. The van der Waals surface area contributed by atoms with E-state index in [1.54, 1.807) is 6.08 Å². The van der Waals surface area contributed by atoms with E-state index in [9.17, 15) is 9.59 Å². The van der Waals surface area contributed by atoms with E-state index in [0.29, 0.717) is 12.0 Å². The first-order valence-electron chi connectivity index (χ1n) is 6.35. The van der Waals surface area contributed by atoms with Crippen molar-refractivity contribution in [3.05, 3.63) is 11.6 Å². The zero-order chi connectivity index (χ0) is 13.9. The largest absolute Gasteiger partial charge is 0.478 e. The number of amides is 1. The molecule has 18 heavy (non-hydrogen) atoms. The Labute approximate surface area is 109 Å². The molecular weight excluding hydrogens is 246 g/mol. The minimum atomic E-state index is -1.88. The molecule has 1 amide bonds. The summed E-state index contributed by atoms with van der Waals surface area (Å²) in [5.41, 5.74) is 0.306. The van der Waals surface area contributed by atoms with Crippen molar-refractivity contribution in [2.75, 3.05) is 0 Å². The normalized spacial score (nSPS) is 27.7. The van der Waals surface area contributed by atoms with Crippen LogP contribution in [0.5, 0.6) is 0 Å². The Kier molecular flexibility index (Phi) is 2.74. The van der Waals surface area contributed by atoms with Crippen LogP contribution in [0.3, 0.4) is 0 Å². The smallest absolute Gasteiger partial charge is 0.332 e. The molecule has 1 aliphatic heterocycles. The third-order valence-electron chi connectivity index (χ3n) is 4.82.